The van der Waals surface area contributed by atoms with Gasteiger partial charge in [0.25, 0.3) is 0 Å². The number of aromatic nitrogens is 4. The van der Waals surface area contributed by atoms with Crippen molar-refractivity contribution in [1.82, 2.24) is 19.9 Å². The predicted molar refractivity (Wildman–Crippen MR) is 68.1 cm³/mol. The largest absolute Gasteiger partial charge is 0.226 e. The fourth-order valence-electron chi connectivity index (χ4n) is 1.07. The van der Waals surface area contributed by atoms with Crippen molar-refractivity contribution < 1.29 is 0 Å². The van der Waals surface area contributed by atoms with Crippen LogP contribution in [0.1, 0.15) is 0 Å². The fourth-order valence-corrected chi connectivity index (χ4v) is 2.04. The van der Waals surface area contributed by atoms with Crippen LogP contribution in [-0.2, 0) is 0 Å². The topological polar surface area (TPSA) is 51.6 Å². The average Bonchev–Trinajstić information content (AvgIpc) is 2.24. The van der Waals surface area contributed by atoms with Crippen LogP contribution in [-0.4, -0.2) is 19.9 Å². The zero-order chi connectivity index (χ0) is 12.6. The molecule has 2 aromatic rings. The van der Waals surface area contributed by atoms with E-state index < -0.39 is 0 Å². The van der Waals surface area contributed by atoms with Gasteiger partial charge in [0.05, 0.1) is 5.56 Å². The lowest BCUT2D eigenvalue weighted by atomic mass is 10.2. The third-order valence-corrected chi connectivity index (χ3v) is 3.12. The van der Waals surface area contributed by atoms with E-state index in [0.29, 0.717) is 5.56 Å². The van der Waals surface area contributed by atoms with Crippen molar-refractivity contribution in [3.63, 3.8) is 0 Å². The van der Waals surface area contributed by atoms with Crippen LogP contribution in [0.4, 0.5) is 0 Å². The van der Waals surface area contributed by atoms with Gasteiger partial charge in [-0.05, 0) is 23.2 Å². The Labute approximate surface area is 121 Å². The third kappa shape index (κ3) is 2.72. The molecule has 0 N–H and O–H groups in total. The minimum Gasteiger partial charge on any atom is -0.226 e. The lowest BCUT2D eigenvalue weighted by Gasteiger charge is -2.06. The van der Waals surface area contributed by atoms with E-state index >= 15 is 0 Å². The highest BCUT2D eigenvalue weighted by Crippen LogP contribution is 2.34. The molecule has 0 saturated carbocycles. The number of halogens is 5. The first kappa shape index (κ1) is 13.1. The lowest BCUT2D eigenvalue weighted by molar-refractivity contribution is 1.13. The van der Waals surface area contributed by atoms with Crippen LogP contribution in [0, 0.1) is 0 Å². The van der Waals surface area contributed by atoms with Gasteiger partial charge in [0.1, 0.15) is 15.9 Å². The summed E-state index contributed by atoms with van der Waals surface area (Å²) in [6, 6.07) is 0. The zero-order valence-electron chi connectivity index (χ0n) is 7.76. The summed E-state index contributed by atoms with van der Waals surface area (Å²) in [5.74, 6) is 0. The van der Waals surface area contributed by atoms with Crippen molar-refractivity contribution in [2.75, 3.05) is 0 Å². The van der Waals surface area contributed by atoms with Crippen molar-refractivity contribution in [3.05, 3.63) is 32.1 Å². The van der Waals surface area contributed by atoms with Gasteiger partial charge in [0.15, 0.2) is 5.15 Å². The standard InChI is InChI=1S/C8HCl5N4/c9-3-4(15-8(13)17-6(3)11)2-1-14-7(12)16-5(2)10/h1H. The highest BCUT2D eigenvalue weighted by Gasteiger charge is 2.16. The molecule has 0 fully saturated rings. The summed E-state index contributed by atoms with van der Waals surface area (Å²) >= 11 is 28.9. The van der Waals surface area contributed by atoms with Gasteiger partial charge in [-0.3, -0.25) is 0 Å². The molecule has 17 heavy (non-hydrogen) atoms. The highest BCUT2D eigenvalue weighted by atomic mass is 35.5. The van der Waals surface area contributed by atoms with Gasteiger partial charge in [-0.1, -0.05) is 34.8 Å². The third-order valence-electron chi connectivity index (χ3n) is 1.75. The average molecular weight is 330 g/mol. The summed E-state index contributed by atoms with van der Waals surface area (Å²) < 4.78 is 0. The lowest BCUT2D eigenvalue weighted by Crippen LogP contribution is -1.94. The molecule has 0 atom stereocenters. The quantitative estimate of drug-likeness (QED) is 0.581. The van der Waals surface area contributed by atoms with Crippen molar-refractivity contribution in [2.24, 2.45) is 0 Å². The SMILES string of the molecule is Clc1ncc(-c2nc(Cl)nc(Cl)c2Cl)c(Cl)n1. The van der Waals surface area contributed by atoms with Crippen LogP contribution in [0.25, 0.3) is 11.3 Å². The molecular weight excluding hydrogens is 329 g/mol. The Bertz CT molecular complexity index is 588. The Balaban J connectivity index is 2.68. The summed E-state index contributed by atoms with van der Waals surface area (Å²) in [5, 5.41) is 0.191. The van der Waals surface area contributed by atoms with E-state index in [-0.39, 0.29) is 31.6 Å². The van der Waals surface area contributed by atoms with Crippen LogP contribution >= 0.6 is 58.0 Å². The molecule has 4 nitrogen and oxygen atoms in total. The molecule has 0 radical (unpaired) electrons. The molecule has 88 valence electrons. The molecular formula is C8HCl5N4. The number of hydrogen-bond donors (Lipinski definition) is 0. The minimum absolute atomic E-state index is 0.0149. The predicted octanol–water partition coefficient (Wildman–Crippen LogP) is 4.20. The van der Waals surface area contributed by atoms with E-state index in [1.54, 1.807) is 0 Å². The molecule has 0 saturated heterocycles. The smallest absolute Gasteiger partial charge is 0.224 e. The second-order valence-corrected chi connectivity index (χ2v) is 4.56. The van der Waals surface area contributed by atoms with Crippen molar-refractivity contribution in [2.45, 2.75) is 0 Å². The Kier molecular flexibility index (Phi) is 3.90. The van der Waals surface area contributed by atoms with Gasteiger partial charge in [0, 0.05) is 6.20 Å². The summed E-state index contributed by atoms with van der Waals surface area (Å²) in [6.07, 6.45) is 1.37. The maximum atomic E-state index is 5.95. The molecule has 0 aromatic carbocycles. The van der Waals surface area contributed by atoms with Gasteiger partial charge in [-0.15, -0.1) is 0 Å². The van der Waals surface area contributed by atoms with Gasteiger partial charge in [-0.2, -0.15) is 0 Å². The molecule has 0 aliphatic heterocycles. The first-order chi connectivity index (χ1) is 7.99. The number of nitrogens with zero attached hydrogens (tertiary/aromatic N) is 4. The Morgan fingerprint density at radius 3 is 2.06 bits per heavy atom. The second-order valence-electron chi connectivity index (χ2n) is 2.79. The van der Waals surface area contributed by atoms with Crippen LogP contribution in [0.2, 0.25) is 25.9 Å². The van der Waals surface area contributed by atoms with Crippen LogP contribution in [0.3, 0.4) is 0 Å². The molecule has 0 bridgehead atoms. The Hall–Kier alpha value is -0.390. The molecule has 0 amide bonds. The van der Waals surface area contributed by atoms with Crippen LogP contribution < -0.4 is 0 Å². The Morgan fingerprint density at radius 1 is 0.765 bits per heavy atom. The van der Waals surface area contributed by atoms with Crippen molar-refractivity contribution in [1.29, 1.82) is 0 Å². The normalized spacial score (nSPS) is 10.6. The molecule has 2 aromatic heterocycles. The van der Waals surface area contributed by atoms with Crippen LogP contribution in [0.5, 0.6) is 0 Å². The fraction of sp³-hybridized carbons (Fsp3) is 0. The van der Waals surface area contributed by atoms with Gasteiger partial charge < -0.3 is 0 Å². The van der Waals surface area contributed by atoms with Gasteiger partial charge in [-0.25, -0.2) is 19.9 Å². The number of hydrogen-bond acceptors (Lipinski definition) is 4. The summed E-state index contributed by atoms with van der Waals surface area (Å²) in [7, 11) is 0. The van der Waals surface area contributed by atoms with E-state index in [2.05, 4.69) is 19.9 Å². The molecule has 2 heterocycles. The second kappa shape index (κ2) is 5.08. The minimum atomic E-state index is -0.0552. The van der Waals surface area contributed by atoms with E-state index in [0.717, 1.165) is 0 Å². The molecule has 0 aliphatic rings. The van der Waals surface area contributed by atoms with Crippen molar-refractivity contribution in [3.8, 4) is 11.3 Å². The first-order valence-electron chi connectivity index (χ1n) is 4.06. The first-order valence-corrected chi connectivity index (χ1v) is 5.95. The summed E-state index contributed by atoms with van der Waals surface area (Å²) in [6.45, 7) is 0. The van der Waals surface area contributed by atoms with E-state index in [4.69, 9.17) is 58.0 Å². The van der Waals surface area contributed by atoms with E-state index in [1.807, 2.05) is 0 Å². The maximum absolute atomic E-state index is 5.95. The number of rotatable bonds is 1. The molecule has 0 unspecified atom stereocenters. The van der Waals surface area contributed by atoms with Crippen molar-refractivity contribution >= 4 is 58.0 Å². The zero-order valence-corrected chi connectivity index (χ0v) is 11.5. The Morgan fingerprint density at radius 2 is 1.41 bits per heavy atom. The summed E-state index contributed by atoms with van der Waals surface area (Å²) in [4.78, 5) is 15.2. The maximum Gasteiger partial charge on any atom is 0.224 e. The highest BCUT2D eigenvalue weighted by molar-refractivity contribution is 6.43. The van der Waals surface area contributed by atoms with Crippen LogP contribution in [0.15, 0.2) is 6.20 Å². The molecule has 9 heteroatoms. The van der Waals surface area contributed by atoms with E-state index in [1.165, 1.54) is 6.20 Å². The molecule has 0 aliphatic carbocycles. The summed E-state index contributed by atoms with van der Waals surface area (Å²) in [5.41, 5.74) is 0.616. The monoisotopic (exact) mass is 328 g/mol. The van der Waals surface area contributed by atoms with E-state index in [9.17, 15) is 0 Å². The van der Waals surface area contributed by atoms with Gasteiger partial charge in [0.2, 0.25) is 10.6 Å². The molecule has 2 rings (SSSR count). The molecule has 0 spiro atoms. The van der Waals surface area contributed by atoms with Gasteiger partial charge >= 0.3 is 0 Å².